The summed E-state index contributed by atoms with van der Waals surface area (Å²) in [4.78, 5) is 0. The van der Waals surface area contributed by atoms with Crippen LogP contribution in [0.5, 0.6) is 0 Å². The fourth-order valence-corrected chi connectivity index (χ4v) is 3.26. The van der Waals surface area contributed by atoms with E-state index in [0.29, 0.717) is 0 Å². The van der Waals surface area contributed by atoms with Crippen molar-refractivity contribution in [2.24, 2.45) is 0 Å². The molecule has 96 valence electrons. The van der Waals surface area contributed by atoms with Gasteiger partial charge in [-0.2, -0.15) is 0 Å². The van der Waals surface area contributed by atoms with Gasteiger partial charge in [0.25, 0.3) is 0 Å². The first kappa shape index (κ1) is 11.6. The monoisotopic (exact) mass is 242 g/mol. The van der Waals surface area contributed by atoms with Crippen molar-refractivity contribution in [3.05, 3.63) is 47.8 Å². The molecular formula is C16H22N2. The van der Waals surface area contributed by atoms with E-state index >= 15 is 0 Å². The highest BCUT2D eigenvalue weighted by molar-refractivity contribution is 5.20. The zero-order chi connectivity index (χ0) is 12.3. The zero-order valence-corrected chi connectivity index (χ0v) is 10.9. The Bertz CT molecular complexity index is 416. The molecule has 1 saturated carbocycles. The van der Waals surface area contributed by atoms with Crippen LogP contribution in [0.25, 0.3) is 0 Å². The van der Waals surface area contributed by atoms with E-state index < -0.39 is 0 Å². The summed E-state index contributed by atoms with van der Waals surface area (Å²) < 4.78 is 0. The first-order valence-electron chi connectivity index (χ1n) is 7.13. The second-order valence-electron chi connectivity index (χ2n) is 5.61. The molecule has 0 saturated heterocycles. The average molecular weight is 242 g/mol. The molecule has 1 aliphatic heterocycles. The molecular weight excluding hydrogens is 220 g/mol. The molecule has 1 aliphatic carbocycles. The molecule has 2 N–H and O–H groups in total. The molecule has 0 amide bonds. The summed E-state index contributed by atoms with van der Waals surface area (Å²) in [5.41, 5.74) is 1.73. The molecule has 2 heteroatoms. The minimum atomic E-state index is 0.282. The van der Waals surface area contributed by atoms with Gasteiger partial charge in [-0.15, -0.1) is 0 Å². The lowest BCUT2D eigenvalue weighted by molar-refractivity contribution is 0.353. The fourth-order valence-electron chi connectivity index (χ4n) is 3.26. The van der Waals surface area contributed by atoms with E-state index in [-0.39, 0.29) is 5.54 Å². The molecule has 1 aromatic carbocycles. The first-order valence-corrected chi connectivity index (χ1v) is 7.13. The van der Waals surface area contributed by atoms with Gasteiger partial charge < -0.3 is 10.6 Å². The lowest BCUT2D eigenvalue weighted by Gasteiger charge is -2.32. The molecule has 2 nitrogen and oxygen atoms in total. The van der Waals surface area contributed by atoms with E-state index in [1.807, 2.05) is 0 Å². The Morgan fingerprint density at radius 1 is 1.11 bits per heavy atom. The molecule has 1 fully saturated rings. The molecule has 3 rings (SSSR count). The summed E-state index contributed by atoms with van der Waals surface area (Å²) in [6.45, 7) is 1.09. The summed E-state index contributed by atoms with van der Waals surface area (Å²) in [6.07, 6.45) is 9.89. The van der Waals surface area contributed by atoms with Crippen LogP contribution in [0.15, 0.2) is 42.2 Å². The number of hydrogen-bond acceptors (Lipinski definition) is 2. The molecule has 2 aliphatic rings. The van der Waals surface area contributed by atoms with Gasteiger partial charge in [-0.3, -0.25) is 0 Å². The summed E-state index contributed by atoms with van der Waals surface area (Å²) in [6, 6.07) is 10.9. The van der Waals surface area contributed by atoms with Crippen LogP contribution in [0, 0.1) is 0 Å². The van der Waals surface area contributed by atoms with Crippen molar-refractivity contribution in [1.82, 2.24) is 10.6 Å². The van der Waals surface area contributed by atoms with Gasteiger partial charge in [-0.05, 0) is 37.3 Å². The van der Waals surface area contributed by atoms with E-state index in [1.54, 1.807) is 0 Å². The van der Waals surface area contributed by atoms with Crippen molar-refractivity contribution >= 4 is 0 Å². The first-order chi connectivity index (χ1) is 8.86. The van der Waals surface area contributed by atoms with Crippen LogP contribution >= 0.6 is 0 Å². The van der Waals surface area contributed by atoms with Crippen LogP contribution < -0.4 is 10.6 Å². The smallest absolute Gasteiger partial charge is 0.0950 e. The van der Waals surface area contributed by atoms with Crippen molar-refractivity contribution in [3.63, 3.8) is 0 Å². The second-order valence-corrected chi connectivity index (χ2v) is 5.61. The summed E-state index contributed by atoms with van der Waals surface area (Å²) in [5.74, 6) is 1.26. The van der Waals surface area contributed by atoms with Crippen LogP contribution in [0.4, 0.5) is 0 Å². The largest absolute Gasteiger partial charge is 0.372 e. The predicted octanol–water partition coefficient (Wildman–Crippen LogP) is 2.97. The minimum Gasteiger partial charge on any atom is -0.372 e. The summed E-state index contributed by atoms with van der Waals surface area (Å²) in [7, 11) is 0. The Hall–Kier alpha value is -1.44. The third-order valence-corrected chi connectivity index (χ3v) is 4.15. The zero-order valence-electron chi connectivity index (χ0n) is 10.9. The van der Waals surface area contributed by atoms with E-state index in [2.05, 4.69) is 47.0 Å². The van der Waals surface area contributed by atoms with Gasteiger partial charge in [-0.1, -0.05) is 43.2 Å². The highest BCUT2D eigenvalue weighted by Crippen LogP contribution is 2.33. The van der Waals surface area contributed by atoms with Gasteiger partial charge in [-0.25, -0.2) is 0 Å². The van der Waals surface area contributed by atoms with Gasteiger partial charge >= 0.3 is 0 Å². The van der Waals surface area contributed by atoms with E-state index in [4.69, 9.17) is 0 Å². The van der Waals surface area contributed by atoms with Gasteiger partial charge in [0.15, 0.2) is 0 Å². The summed E-state index contributed by atoms with van der Waals surface area (Å²) in [5, 5.41) is 7.23. The maximum atomic E-state index is 3.79. The van der Waals surface area contributed by atoms with Crippen LogP contribution in [-0.4, -0.2) is 12.1 Å². The lowest BCUT2D eigenvalue weighted by Crippen LogP contribution is -2.46. The van der Waals surface area contributed by atoms with Crippen LogP contribution in [0.1, 0.15) is 37.7 Å². The van der Waals surface area contributed by atoms with Crippen LogP contribution in [-0.2, 0) is 6.42 Å². The van der Waals surface area contributed by atoms with E-state index in [1.165, 1.54) is 37.1 Å². The van der Waals surface area contributed by atoms with Crippen LogP contribution in [0.3, 0.4) is 0 Å². The minimum absolute atomic E-state index is 0.282. The van der Waals surface area contributed by atoms with Crippen molar-refractivity contribution in [3.8, 4) is 0 Å². The van der Waals surface area contributed by atoms with E-state index in [0.717, 1.165) is 19.4 Å². The molecule has 0 atom stereocenters. The Kier molecular flexibility index (Phi) is 3.26. The molecule has 0 radical (unpaired) electrons. The topological polar surface area (TPSA) is 24.1 Å². The SMILES string of the molecule is C1=C(NC2(Cc3ccccc3)CCCC2)NCC1. The third-order valence-electron chi connectivity index (χ3n) is 4.15. The maximum Gasteiger partial charge on any atom is 0.0950 e. The Morgan fingerprint density at radius 3 is 2.56 bits per heavy atom. The molecule has 0 unspecified atom stereocenters. The molecule has 0 spiro atoms. The average Bonchev–Trinajstić information content (AvgIpc) is 3.03. The Morgan fingerprint density at radius 2 is 1.89 bits per heavy atom. The quantitative estimate of drug-likeness (QED) is 0.848. The van der Waals surface area contributed by atoms with Gasteiger partial charge in [0.2, 0.25) is 0 Å². The molecule has 18 heavy (non-hydrogen) atoms. The standard InChI is InChI=1S/C16H22N2/c1-2-7-14(8-3-1)13-16(10-4-5-11-16)18-15-9-6-12-17-15/h1-3,7-9,17-18H,4-6,10-13H2. The summed E-state index contributed by atoms with van der Waals surface area (Å²) >= 11 is 0. The van der Waals surface area contributed by atoms with Crippen molar-refractivity contribution in [1.29, 1.82) is 0 Å². The Labute approximate surface area is 109 Å². The molecule has 0 aromatic heterocycles. The van der Waals surface area contributed by atoms with Gasteiger partial charge in [0, 0.05) is 12.1 Å². The number of rotatable bonds is 4. The number of hydrogen-bond donors (Lipinski definition) is 2. The van der Waals surface area contributed by atoms with Crippen molar-refractivity contribution < 1.29 is 0 Å². The van der Waals surface area contributed by atoms with E-state index in [9.17, 15) is 0 Å². The predicted molar refractivity (Wildman–Crippen MR) is 75.2 cm³/mol. The molecule has 1 heterocycles. The maximum absolute atomic E-state index is 3.79. The van der Waals surface area contributed by atoms with Crippen molar-refractivity contribution in [2.75, 3.05) is 6.54 Å². The van der Waals surface area contributed by atoms with Gasteiger partial charge in [0.05, 0.1) is 5.82 Å². The van der Waals surface area contributed by atoms with Crippen molar-refractivity contribution in [2.45, 2.75) is 44.1 Å². The molecule has 1 aromatic rings. The highest BCUT2D eigenvalue weighted by Gasteiger charge is 2.34. The fraction of sp³-hybridized carbons (Fsp3) is 0.500. The van der Waals surface area contributed by atoms with Crippen LogP contribution in [0.2, 0.25) is 0 Å². The highest BCUT2D eigenvalue weighted by atomic mass is 15.1. The third kappa shape index (κ3) is 2.53. The molecule has 0 bridgehead atoms. The normalized spacial score (nSPS) is 21.4. The Balaban J connectivity index is 1.74. The lowest BCUT2D eigenvalue weighted by atomic mass is 9.89. The number of nitrogens with one attached hydrogen (secondary N) is 2. The second kappa shape index (κ2) is 5.05. The van der Waals surface area contributed by atoms with Gasteiger partial charge in [0.1, 0.15) is 0 Å². The number of benzene rings is 1.